The maximum Gasteiger partial charge on any atom is 0.428 e. The van der Waals surface area contributed by atoms with Gasteiger partial charge in [-0.25, -0.2) is 14.6 Å². The van der Waals surface area contributed by atoms with Crippen molar-refractivity contribution < 1.29 is 23.0 Å². The van der Waals surface area contributed by atoms with Gasteiger partial charge in [0.2, 0.25) is 5.60 Å². The van der Waals surface area contributed by atoms with Crippen LogP contribution in [0.1, 0.15) is 32.1 Å². The highest BCUT2D eigenvalue weighted by Gasteiger charge is 2.61. The number of aliphatic hydroxyl groups is 1. The molecule has 0 bridgehead atoms. The Hall–Kier alpha value is -4.66. The second-order valence-electron chi connectivity index (χ2n) is 12.3. The van der Waals surface area contributed by atoms with Crippen molar-refractivity contribution in [1.82, 2.24) is 37.4 Å². The monoisotopic (exact) mass is 633 g/mol. The number of nitrogens with zero attached hydrogens (tertiary/aromatic N) is 9. The van der Waals surface area contributed by atoms with E-state index in [2.05, 4.69) is 16.0 Å². The average molecular weight is 634 g/mol. The van der Waals surface area contributed by atoms with Crippen molar-refractivity contribution in [1.29, 1.82) is 5.26 Å². The van der Waals surface area contributed by atoms with Gasteiger partial charge < -0.3 is 14.4 Å². The minimum atomic E-state index is -4.90. The van der Waals surface area contributed by atoms with E-state index in [-0.39, 0.29) is 54.7 Å². The largest absolute Gasteiger partial charge is 0.448 e. The molecule has 2 aliphatic carbocycles. The van der Waals surface area contributed by atoms with Crippen LogP contribution in [0.25, 0.3) is 22.3 Å². The van der Waals surface area contributed by atoms with E-state index >= 15 is 0 Å². The molecule has 0 amide bonds. The van der Waals surface area contributed by atoms with Gasteiger partial charge in [-0.15, -0.1) is 0 Å². The lowest BCUT2D eigenvalue weighted by Crippen LogP contribution is -2.49. The van der Waals surface area contributed by atoms with Gasteiger partial charge in [-0.3, -0.25) is 32.4 Å². The first-order valence-electron chi connectivity index (χ1n) is 14.2. The number of aliphatic hydroxyl groups excluding tert-OH is 1. The Morgan fingerprint density at radius 2 is 1.60 bits per heavy atom. The molecule has 2 aliphatic rings. The molecule has 4 heterocycles. The van der Waals surface area contributed by atoms with E-state index in [1.54, 1.807) is 7.05 Å². The molecule has 15 nitrogen and oxygen atoms in total. The molecule has 45 heavy (non-hydrogen) atoms. The van der Waals surface area contributed by atoms with Crippen molar-refractivity contribution in [3.63, 3.8) is 0 Å². The van der Waals surface area contributed by atoms with Gasteiger partial charge in [0.15, 0.2) is 22.3 Å². The summed E-state index contributed by atoms with van der Waals surface area (Å²) in [7, 11) is 5.59. The molecule has 18 heteroatoms. The van der Waals surface area contributed by atoms with Crippen LogP contribution < -0.4 is 27.2 Å². The van der Waals surface area contributed by atoms with E-state index in [4.69, 9.17) is 4.74 Å². The predicted octanol–water partition coefficient (Wildman–Crippen LogP) is 0.0257. The maximum absolute atomic E-state index is 14.8. The average Bonchev–Trinajstić information content (AvgIpc) is 3.65. The molecular weight excluding hydrogens is 603 g/mol. The van der Waals surface area contributed by atoms with E-state index in [0.29, 0.717) is 0 Å². The highest BCUT2D eigenvalue weighted by atomic mass is 19.4. The van der Waals surface area contributed by atoms with Crippen molar-refractivity contribution in [2.75, 3.05) is 0 Å². The third-order valence-corrected chi connectivity index (χ3v) is 9.29. The Morgan fingerprint density at radius 3 is 2.22 bits per heavy atom. The van der Waals surface area contributed by atoms with Crippen LogP contribution in [0.2, 0.25) is 0 Å². The van der Waals surface area contributed by atoms with Crippen LogP contribution in [0, 0.1) is 22.7 Å². The molecule has 4 aromatic rings. The molecule has 2 atom stereocenters. The van der Waals surface area contributed by atoms with E-state index in [0.717, 1.165) is 18.3 Å². The number of alkyl halides is 3. The summed E-state index contributed by atoms with van der Waals surface area (Å²) in [4.78, 5) is 60.9. The quantitative estimate of drug-likeness (QED) is 0.307. The number of aryl methyl sites for hydroxylation is 4. The Morgan fingerprint density at radius 1 is 0.978 bits per heavy atom. The van der Waals surface area contributed by atoms with Crippen molar-refractivity contribution in [3.8, 4) is 12.1 Å². The van der Waals surface area contributed by atoms with Gasteiger partial charge in [-0.2, -0.15) is 23.4 Å². The van der Waals surface area contributed by atoms with E-state index in [9.17, 15) is 42.7 Å². The van der Waals surface area contributed by atoms with Gasteiger partial charge in [0, 0.05) is 47.7 Å². The number of hydrogen-bond acceptors (Lipinski definition) is 9. The standard InChI is InChI=1S/C27H30F3N9O6/c1-34-13-32-18-16(34)20(41)38(23(43)36(18)3)10-14-5-6-26(7-14,27(28,29)30)45-22-33-19-17(35(22)2)21(42)39(24(44)37(19)4)12-25(11-31)8-15(40)9-25/h13-15,40H,5-10,12H2,1-4H3. The van der Waals surface area contributed by atoms with Crippen LogP contribution in [0.15, 0.2) is 25.5 Å². The predicted molar refractivity (Wildman–Crippen MR) is 150 cm³/mol. The topological polar surface area (TPSA) is 177 Å². The summed E-state index contributed by atoms with van der Waals surface area (Å²) in [5.74, 6) is -0.779. The zero-order valence-corrected chi connectivity index (χ0v) is 24.8. The Labute approximate surface area is 250 Å². The zero-order valence-electron chi connectivity index (χ0n) is 24.8. The molecule has 0 saturated heterocycles. The summed E-state index contributed by atoms with van der Waals surface area (Å²) in [6.45, 7) is -0.591. The fraction of sp³-hybridized carbons (Fsp3) is 0.593. The molecule has 0 aliphatic heterocycles. The molecule has 0 spiro atoms. The second-order valence-corrected chi connectivity index (χ2v) is 12.3. The maximum atomic E-state index is 14.8. The van der Waals surface area contributed by atoms with E-state index < -0.39 is 70.6 Å². The van der Waals surface area contributed by atoms with Crippen molar-refractivity contribution >= 4 is 22.3 Å². The smallest absolute Gasteiger partial charge is 0.428 e. The molecule has 0 aromatic carbocycles. The van der Waals surface area contributed by atoms with Crippen LogP contribution in [0.4, 0.5) is 13.2 Å². The van der Waals surface area contributed by atoms with Crippen molar-refractivity contribution in [2.24, 2.45) is 39.5 Å². The highest BCUT2D eigenvalue weighted by Crippen LogP contribution is 2.48. The molecular formula is C27H30F3N9O6. The molecule has 240 valence electrons. The summed E-state index contributed by atoms with van der Waals surface area (Å²) in [6.07, 6.45) is -5.28. The third-order valence-electron chi connectivity index (χ3n) is 9.29. The fourth-order valence-corrected chi connectivity index (χ4v) is 6.72. The number of ether oxygens (including phenoxy) is 1. The molecule has 6 rings (SSSR count). The van der Waals surface area contributed by atoms with Gasteiger partial charge >= 0.3 is 17.6 Å². The summed E-state index contributed by atoms with van der Waals surface area (Å²) in [5.41, 5.74) is -7.06. The highest BCUT2D eigenvalue weighted by molar-refractivity contribution is 5.72. The van der Waals surface area contributed by atoms with Gasteiger partial charge in [0.25, 0.3) is 17.1 Å². The second kappa shape index (κ2) is 9.92. The van der Waals surface area contributed by atoms with Crippen LogP contribution in [0.3, 0.4) is 0 Å². The molecule has 2 fully saturated rings. The normalized spacial score (nSPS) is 25.1. The van der Waals surface area contributed by atoms with Crippen LogP contribution in [0.5, 0.6) is 6.01 Å². The number of nitriles is 1. The number of aromatic nitrogens is 8. The zero-order chi connectivity index (χ0) is 32.8. The van der Waals surface area contributed by atoms with Crippen LogP contribution in [-0.2, 0) is 41.3 Å². The minimum Gasteiger partial charge on any atom is -0.448 e. The third kappa shape index (κ3) is 4.42. The van der Waals surface area contributed by atoms with Crippen molar-refractivity contribution in [2.45, 2.75) is 63.1 Å². The van der Waals surface area contributed by atoms with Crippen LogP contribution in [-0.4, -0.2) is 60.4 Å². The Bertz CT molecular complexity index is 2160. The SMILES string of the molecule is Cn1cnc2c1c(=O)n(CC1CCC(Oc3nc4c(c(=O)n(CC5(C#N)CC(O)C5)c(=O)n4C)n3C)(C(F)(F)F)C1)c(=O)n2C. The first-order valence-corrected chi connectivity index (χ1v) is 14.2. The molecule has 2 unspecified atom stereocenters. The molecule has 2 saturated carbocycles. The molecule has 0 radical (unpaired) electrons. The number of fused-ring (bicyclic) bond motifs is 2. The molecule has 1 N–H and O–H groups in total. The summed E-state index contributed by atoms with van der Waals surface area (Å²) in [5, 5.41) is 19.4. The fourth-order valence-electron chi connectivity index (χ4n) is 6.72. The van der Waals surface area contributed by atoms with Gasteiger partial charge in [-0.1, -0.05) is 0 Å². The number of hydrogen-bond donors (Lipinski definition) is 1. The first kappa shape index (κ1) is 30.4. The first-order chi connectivity index (χ1) is 21.0. The summed E-state index contributed by atoms with van der Waals surface area (Å²) < 4.78 is 56.3. The summed E-state index contributed by atoms with van der Waals surface area (Å²) >= 11 is 0. The Balaban J connectivity index is 1.36. The number of imidazole rings is 2. The number of rotatable bonds is 6. The van der Waals surface area contributed by atoms with Gasteiger partial charge in [0.05, 0.1) is 23.9 Å². The Kier molecular flexibility index (Phi) is 6.70. The van der Waals surface area contributed by atoms with Crippen LogP contribution >= 0.6 is 0 Å². The van der Waals surface area contributed by atoms with Gasteiger partial charge in [0.1, 0.15) is 0 Å². The van der Waals surface area contributed by atoms with Crippen molar-refractivity contribution in [3.05, 3.63) is 48.0 Å². The lowest BCUT2D eigenvalue weighted by atomic mass is 9.68. The van der Waals surface area contributed by atoms with E-state index in [1.807, 2.05) is 0 Å². The lowest BCUT2D eigenvalue weighted by molar-refractivity contribution is -0.249. The number of halogens is 3. The van der Waals surface area contributed by atoms with Gasteiger partial charge in [-0.05, 0) is 31.6 Å². The van der Waals surface area contributed by atoms with E-state index in [1.165, 1.54) is 36.6 Å². The summed E-state index contributed by atoms with van der Waals surface area (Å²) in [6, 6.07) is 1.51. The lowest BCUT2D eigenvalue weighted by Gasteiger charge is -2.39. The molecule has 4 aromatic heterocycles. The minimum absolute atomic E-state index is 0.0319.